The lowest BCUT2D eigenvalue weighted by molar-refractivity contribution is 0.322. The van der Waals surface area contributed by atoms with E-state index in [1.165, 1.54) is 0 Å². The number of nitrogens with one attached hydrogen (secondary N) is 1. The van der Waals surface area contributed by atoms with E-state index in [-0.39, 0.29) is 24.0 Å². The second kappa shape index (κ2) is 11.2. The van der Waals surface area contributed by atoms with Crippen molar-refractivity contribution in [3.8, 4) is 5.75 Å². The van der Waals surface area contributed by atoms with Crippen molar-refractivity contribution in [2.75, 3.05) is 19.7 Å². The molecule has 1 aromatic carbocycles. The van der Waals surface area contributed by atoms with E-state index < -0.39 is 0 Å². The van der Waals surface area contributed by atoms with Crippen LogP contribution in [0.2, 0.25) is 5.02 Å². The molecule has 1 aromatic rings. The van der Waals surface area contributed by atoms with Crippen molar-refractivity contribution in [1.82, 2.24) is 5.32 Å². The zero-order valence-corrected chi connectivity index (χ0v) is 14.2. The summed E-state index contributed by atoms with van der Waals surface area (Å²) >= 11 is 5.96. The van der Waals surface area contributed by atoms with E-state index in [0.29, 0.717) is 29.9 Å². The fraction of sp³-hybridized carbons (Fsp3) is 0.462. The Labute approximate surface area is 136 Å². The molecule has 19 heavy (non-hydrogen) atoms. The molecule has 1 rings (SSSR count). The number of hydrogen-bond acceptors (Lipinski definition) is 2. The second-order valence-corrected chi connectivity index (χ2v) is 4.23. The summed E-state index contributed by atoms with van der Waals surface area (Å²) in [5, 5.41) is 3.60. The normalized spacial score (nSPS) is 10.7. The number of guanidine groups is 1. The third-order valence-electron chi connectivity index (χ3n) is 2.30. The van der Waals surface area contributed by atoms with Crippen LogP contribution >= 0.6 is 35.6 Å². The lowest BCUT2D eigenvalue weighted by atomic mass is 10.3. The molecule has 0 fully saturated rings. The maximum atomic E-state index is 5.96. The molecule has 0 unspecified atom stereocenters. The van der Waals surface area contributed by atoms with Gasteiger partial charge in [-0.3, -0.25) is 4.99 Å². The number of unbranched alkanes of at least 4 members (excludes halogenated alkanes) is 1. The van der Waals surface area contributed by atoms with E-state index in [1.807, 2.05) is 18.2 Å². The summed E-state index contributed by atoms with van der Waals surface area (Å²) in [6.45, 7) is 3.98. The molecule has 0 heterocycles. The van der Waals surface area contributed by atoms with Gasteiger partial charge in [0.2, 0.25) is 0 Å². The molecule has 0 aromatic heterocycles. The molecule has 0 aliphatic rings. The Morgan fingerprint density at radius 2 is 2.16 bits per heavy atom. The average molecular weight is 398 g/mol. The molecule has 0 aliphatic carbocycles. The lowest BCUT2D eigenvalue weighted by Gasteiger charge is -2.09. The maximum absolute atomic E-state index is 5.96. The molecular formula is C13H21ClIN3O. The predicted molar refractivity (Wildman–Crippen MR) is 91.8 cm³/mol. The van der Waals surface area contributed by atoms with Crippen LogP contribution in [0.3, 0.4) is 0 Å². The van der Waals surface area contributed by atoms with Gasteiger partial charge in [0, 0.05) is 6.54 Å². The van der Waals surface area contributed by atoms with Crippen molar-refractivity contribution in [3.63, 3.8) is 0 Å². The van der Waals surface area contributed by atoms with Gasteiger partial charge in [0.1, 0.15) is 12.4 Å². The van der Waals surface area contributed by atoms with Crippen LogP contribution in [0.15, 0.2) is 29.3 Å². The van der Waals surface area contributed by atoms with Gasteiger partial charge in [-0.1, -0.05) is 37.1 Å². The first-order valence-corrected chi connectivity index (χ1v) is 6.53. The molecule has 0 amide bonds. The monoisotopic (exact) mass is 397 g/mol. The minimum absolute atomic E-state index is 0. The fourth-order valence-electron chi connectivity index (χ4n) is 1.32. The molecule has 0 aliphatic heterocycles. The largest absolute Gasteiger partial charge is 0.490 e. The number of rotatable bonds is 7. The molecule has 0 radical (unpaired) electrons. The Kier molecular flexibility index (Phi) is 10.8. The summed E-state index contributed by atoms with van der Waals surface area (Å²) in [4.78, 5) is 4.18. The zero-order chi connectivity index (χ0) is 13.2. The van der Waals surface area contributed by atoms with E-state index in [2.05, 4.69) is 17.2 Å². The molecule has 108 valence electrons. The van der Waals surface area contributed by atoms with Gasteiger partial charge in [-0.05, 0) is 18.6 Å². The smallest absolute Gasteiger partial charge is 0.188 e. The van der Waals surface area contributed by atoms with Crippen LogP contribution in [0.4, 0.5) is 0 Å². The van der Waals surface area contributed by atoms with Crippen molar-refractivity contribution in [1.29, 1.82) is 0 Å². The van der Waals surface area contributed by atoms with Gasteiger partial charge < -0.3 is 15.8 Å². The molecule has 6 heteroatoms. The number of aliphatic imine (C=N–C) groups is 1. The van der Waals surface area contributed by atoms with E-state index >= 15 is 0 Å². The van der Waals surface area contributed by atoms with Gasteiger partial charge in [-0.15, -0.1) is 24.0 Å². The molecule has 3 N–H and O–H groups in total. The topological polar surface area (TPSA) is 59.6 Å². The van der Waals surface area contributed by atoms with Crippen molar-refractivity contribution in [2.45, 2.75) is 19.8 Å². The summed E-state index contributed by atoms with van der Waals surface area (Å²) in [5.41, 5.74) is 5.68. The second-order valence-electron chi connectivity index (χ2n) is 3.83. The van der Waals surface area contributed by atoms with Gasteiger partial charge in [-0.2, -0.15) is 0 Å². The summed E-state index contributed by atoms with van der Waals surface area (Å²) in [5.74, 6) is 1.15. The number of hydrogen-bond donors (Lipinski definition) is 2. The highest BCUT2D eigenvalue weighted by molar-refractivity contribution is 14.0. The highest BCUT2D eigenvalue weighted by Crippen LogP contribution is 2.22. The highest BCUT2D eigenvalue weighted by Gasteiger charge is 1.98. The van der Waals surface area contributed by atoms with Gasteiger partial charge in [0.05, 0.1) is 11.6 Å². The molecule has 4 nitrogen and oxygen atoms in total. The van der Waals surface area contributed by atoms with Crippen LogP contribution in [0.25, 0.3) is 0 Å². The summed E-state index contributed by atoms with van der Waals surface area (Å²) in [7, 11) is 0. The Bertz CT molecular complexity index is 388. The van der Waals surface area contributed by atoms with Crippen molar-refractivity contribution < 1.29 is 4.74 Å². The summed E-state index contributed by atoms with van der Waals surface area (Å²) in [6.07, 6.45) is 2.17. The standard InChI is InChI=1S/C13H20ClN3O.HI/c1-2-3-8-16-13(15)17-9-10-18-12-7-5-4-6-11(12)14;/h4-7H,2-3,8-10H2,1H3,(H3,15,16,17);1H. The maximum Gasteiger partial charge on any atom is 0.188 e. The fourth-order valence-corrected chi connectivity index (χ4v) is 1.51. The van der Waals surface area contributed by atoms with Gasteiger partial charge >= 0.3 is 0 Å². The molecule has 0 atom stereocenters. The quantitative estimate of drug-likeness (QED) is 0.322. The number of benzene rings is 1. The number of para-hydroxylation sites is 1. The predicted octanol–water partition coefficient (Wildman–Crippen LogP) is 3.04. The van der Waals surface area contributed by atoms with E-state index in [4.69, 9.17) is 22.1 Å². The third-order valence-corrected chi connectivity index (χ3v) is 2.61. The summed E-state index contributed by atoms with van der Waals surface area (Å²) < 4.78 is 5.51. The van der Waals surface area contributed by atoms with Gasteiger partial charge in [0.15, 0.2) is 5.96 Å². The average Bonchev–Trinajstić information content (AvgIpc) is 2.37. The Morgan fingerprint density at radius 3 is 2.84 bits per heavy atom. The van der Waals surface area contributed by atoms with Crippen LogP contribution in [0, 0.1) is 0 Å². The van der Waals surface area contributed by atoms with E-state index in [0.717, 1.165) is 19.4 Å². The van der Waals surface area contributed by atoms with Gasteiger partial charge in [-0.25, -0.2) is 0 Å². The molecular weight excluding hydrogens is 377 g/mol. The third kappa shape index (κ3) is 8.15. The highest BCUT2D eigenvalue weighted by atomic mass is 127. The molecule has 0 spiro atoms. The van der Waals surface area contributed by atoms with Crippen LogP contribution in [0.5, 0.6) is 5.75 Å². The van der Waals surface area contributed by atoms with Crippen molar-refractivity contribution in [3.05, 3.63) is 29.3 Å². The van der Waals surface area contributed by atoms with E-state index in [1.54, 1.807) is 6.07 Å². The van der Waals surface area contributed by atoms with Crippen LogP contribution in [0.1, 0.15) is 19.8 Å². The number of halogens is 2. The first kappa shape index (κ1) is 18.3. The minimum Gasteiger partial charge on any atom is -0.490 e. The zero-order valence-electron chi connectivity index (χ0n) is 11.1. The van der Waals surface area contributed by atoms with Crippen LogP contribution in [-0.2, 0) is 0 Å². The van der Waals surface area contributed by atoms with Crippen molar-refractivity contribution >= 4 is 41.5 Å². The number of ether oxygens (including phenoxy) is 1. The van der Waals surface area contributed by atoms with Crippen molar-refractivity contribution in [2.24, 2.45) is 10.7 Å². The molecule has 0 saturated carbocycles. The Hall–Kier alpha value is -0.690. The molecule has 0 bridgehead atoms. The number of nitrogens with zero attached hydrogens (tertiary/aromatic N) is 1. The Morgan fingerprint density at radius 1 is 1.42 bits per heavy atom. The molecule has 0 saturated heterocycles. The van der Waals surface area contributed by atoms with Crippen LogP contribution < -0.4 is 15.8 Å². The lowest BCUT2D eigenvalue weighted by Crippen LogP contribution is -2.34. The Balaban J connectivity index is 0.00000324. The summed E-state index contributed by atoms with van der Waals surface area (Å²) in [6, 6.07) is 7.38. The first-order valence-electron chi connectivity index (χ1n) is 6.15. The van der Waals surface area contributed by atoms with Gasteiger partial charge in [0.25, 0.3) is 0 Å². The first-order chi connectivity index (χ1) is 8.74. The number of nitrogens with two attached hydrogens (primary N) is 1. The van der Waals surface area contributed by atoms with Crippen LogP contribution in [-0.4, -0.2) is 25.7 Å². The minimum atomic E-state index is 0. The SMILES string of the molecule is CCCCN=C(N)NCCOc1ccccc1Cl.I. The van der Waals surface area contributed by atoms with E-state index in [9.17, 15) is 0 Å².